The summed E-state index contributed by atoms with van der Waals surface area (Å²) < 4.78 is 0. The van der Waals surface area contributed by atoms with Crippen molar-refractivity contribution in [3.63, 3.8) is 0 Å². The molecule has 2 fully saturated rings. The van der Waals surface area contributed by atoms with Gasteiger partial charge in [0, 0.05) is 43.3 Å². The number of nitrogens with one attached hydrogen (secondary N) is 1. The highest BCUT2D eigenvalue weighted by Crippen LogP contribution is 2.31. The van der Waals surface area contributed by atoms with Crippen molar-refractivity contribution in [1.29, 1.82) is 0 Å². The standard InChI is InChI=1S/C19H25N3O3/c1-13-12-16(6-7-17(13)14(2)23)20-19(25)22-9-3-8-21(10-11-22)18(24)15-4-5-15/h6-7,12,15H,3-5,8-11H2,1-2H3,(H,20,25). The quantitative estimate of drug-likeness (QED) is 0.858. The Bertz CT molecular complexity index is 697. The van der Waals surface area contributed by atoms with E-state index in [1.165, 1.54) is 6.92 Å². The van der Waals surface area contributed by atoms with E-state index in [1.54, 1.807) is 17.0 Å². The van der Waals surface area contributed by atoms with Gasteiger partial charge in [-0.05, 0) is 56.9 Å². The number of Topliss-reactive ketones (excluding diaryl/α,β-unsaturated/α-hetero) is 1. The molecule has 6 nitrogen and oxygen atoms in total. The first-order valence-corrected chi connectivity index (χ1v) is 8.92. The fraction of sp³-hybridized carbons (Fsp3) is 0.526. The van der Waals surface area contributed by atoms with E-state index in [0.29, 0.717) is 30.9 Å². The van der Waals surface area contributed by atoms with Gasteiger partial charge in [-0.25, -0.2) is 4.79 Å². The molecule has 134 valence electrons. The molecule has 1 saturated carbocycles. The number of amides is 3. The van der Waals surface area contributed by atoms with Crippen molar-refractivity contribution < 1.29 is 14.4 Å². The van der Waals surface area contributed by atoms with Crippen molar-refractivity contribution in [1.82, 2.24) is 9.80 Å². The van der Waals surface area contributed by atoms with Crippen LogP contribution in [0, 0.1) is 12.8 Å². The maximum atomic E-state index is 12.5. The summed E-state index contributed by atoms with van der Waals surface area (Å²) in [4.78, 5) is 39.9. The van der Waals surface area contributed by atoms with Gasteiger partial charge in [0.2, 0.25) is 5.91 Å². The van der Waals surface area contributed by atoms with Crippen LogP contribution in [0.1, 0.15) is 42.1 Å². The van der Waals surface area contributed by atoms with Crippen molar-refractivity contribution >= 4 is 23.4 Å². The number of carbonyl (C=O) groups is 3. The molecule has 0 unspecified atom stereocenters. The van der Waals surface area contributed by atoms with Crippen LogP contribution in [0.2, 0.25) is 0 Å². The maximum Gasteiger partial charge on any atom is 0.321 e. The fourth-order valence-corrected chi connectivity index (χ4v) is 3.27. The lowest BCUT2D eigenvalue weighted by Crippen LogP contribution is -2.39. The zero-order valence-electron chi connectivity index (χ0n) is 14.9. The van der Waals surface area contributed by atoms with Crippen molar-refractivity contribution in [2.75, 3.05) is 31.5 Å². The van der Waals surface area contributed by atoms with Crippen LogP contribution in [0.25, 0.3) is 0 Å². The normalized spacial score (nSPS) is 17.8. The third kappa shape index (κ3) is 4.18. The third-order valence-corrected chi connectivity index (χ3v) is 4.88. The van der Waals surface area contributed by atoms with E-state index < -0.39 is 0 Å². The summed E-state index contributed by atoms with van der Waals surface area (Å²) >= 11 is 0. The molecule has 0 radical (unpaired) electrons. The molecule has 0 atom stereocenters. The molecular weight excluding hydrogens is 318 g/mol. The average Bonchev–Trinajstić information content (AvgIpc) is 3.40. The molecule has 1 aliphatic carbocycles. The molecule has 1 heterocycles. The van der Waals surface area contributed by atoms with E-state index in [1.807, 2.05) is 17.9 Å². The number of anilines is 1. The SMILES string of the molecule is CC(=O)c1ccc(NC(=O)N2CCCN(C(=O)C3CC3)CC2)cc1C. The molecule has 1 aromatic rings. The summed E-state index contributed by atoms with van der Waals surface area (Å²) in [6.45, 7) is 5.92. The number of ketones is 1. The molecule has 0 spiro atoms. The number of benzene rings is 1. The van der Waals surface area contributed by atoms with Crippen molar-refractivity contribution in [2.24, 2.45) is 5.92 Å². The molecule has 25 heavy (non-hydrogen) atoms. The lowest BCUT2D eigenvalue weighted by molar-refractivity contribution is -0.132. The maximum absolute atomic E-state index is 12.5. The van der Waals surface area contributed by atoms with Crippen molar-refractivity contribution in [3.05, 3.63) is 29.3 Å². The third-order valence-electron chi connectivity index (χ3n) is 4.88. The number of rotatable bonds is 3. The van der Waals surface area contributed by atoms with Crippen molar-refractivity contribution in [3.8, 4) is 0 Å². The number of nitrogens with zero attached hydrogens (tertiary/aromatic N) is 2. The lowest BCUT2D eigenvalue weighted by Gasteiger charge is -2.22. The van der Waals surface area contributed by atoms with Gasteiger partial charge in [-0.1, -0.05) is 0 Å². The van der Waals surface area contributed by atoms with Gasteiger partial charge in [0.25, 0.3) is 0 Å². The largest absolute Gasteiger partial charge is 0.341 e. The number of carbonyl (C=O) groups excluding carboxylic acids is 3. The van der Waals surface area contributed by atoms with Gasteiger partial charge in [0.1, 0.15) is 0 Å². The molecule has 0 aromatic heterocycles. The zero-order valence-corrected chi connectivity index (χ0v) is 14.9. The molecule has 6 heteroatoms. The topological polar surface area (TPSA) is 69.7 Å². The zero-order chi connectivity index (χ0) is 18.0. The second-order valence-corrected chi connectivity index (χ2v) is 6.96. The highest BCUT2D eigenvalue weighted by Gasteiger charge is 2.34. The second kappa shape index (κ2) is 7.25. The lowest BCUT2D eigenvalue weighted by atomic mass is 10.1. The average molecular weight is 343 g/mol. The first-order valence-electron chi connectivity index (χ1n) is 8.92. The number of urea groups is 1. The predicted molar refractivity (Wildman–Crippen MR) is 95.7 cm³/mol. The van der Waals surface area contributed by atoms with Crippen LogP contribution in [0.15, 0.2) is 18.2 Å². The van der Waals surface area contributed by atoms with Crippen LogP contribution in [0.5, 0.6) is 0 Å². The summed E-state index contributed by atoms with van der Waals surface area (Å²) in [5.74, 6) is 0.490. The summed E-state index contributed by atoms with van der Waals surface area (Å²) in [5.41, 5.74) is 2.20. The van der Waals surface area contributed by atoms with Gasteiger partial charge in [-0.3, -0.25) is 9.59 Å². The number of aryl methyl sites for hydroxylation is 1. The van der Waals surface area contributed by atoms with Gasteiger partial charge in [0.05, 0.1) is 0 Å². The minimum Gasteiger partial charge on any atom is -0.341 e. The first kappa shape index (κ1) is 17.5. The molecule has 0 bridgehead atoms. The minimum absolute atomic E-state index is 0.0170. The molecule has 3 rings (SSSR count). The van der Waals surface area contributed by atoms with E-state index in [4.69, 9.17) is 0 Å². The van der Waals surface area contributed by atoms with E-state index in [9.17, 15) is 14.4 Å². The highest BCUT2D eigenvalue weighted by molar-refractivity contribution is 5.97. The molecule has 1 aromatic carbocycles. The van der Waals surface area contributed by atoms with Gasteiger partial charge in [0.15, 0.2) is 5.78 Å². The Labute approximate surface area is 148 Å². The smallest absolute Gasteiger partial charge is 0.321 e. The van der Waals surface area contributed by atoms with Crippen LogP contribution < -0.4 is 5.32 Å². The van der Waals surface area contributed by atoms with E-state index in [0.717, 1.165) is 31.4 Å². The Morgan fingerprint density at radius 1 is 1.04 bits per heavy atom. The Hall–Kier alpha value is -2.37. The van der Waals surface area contributed by atoms with Gasteiger partial charge < -0.3 is 15.1 Å². The fourth-order valence-electron chi connectivity index (χ4n) is 3.27. The number of hydrogen-bond donors (Lipinski definition) is 1. The highest BCUT2D eigenvalue weighted by atomic mass is 16.2. The van der Waals surface area contributed by atoms with Crippen molar-refractivity contribution in [2.45, 2.75) is 33.1 Å². The van der Waals surface area contributed by atoms with E-state index >= 15 is 0 Å². The van der Waals surface area contributed by atoms with Gasteiger partial charge in [-0.15, -0.1) is 0 Å². The summed E-state index contributed by atoms with van der Waals surface area (Å²) in [7, 11) is 0. The molecule has 3 amide bonds. The Morgan fingerprint density at radius 3 is 2.36 bits per heavy atom. The van der Waals surface area contributed by atoms with Gasteiger partial charge in [-0.2, -0.15) is 0 Å². The van der Waals surface area contributed by atoms with Gasteiger partial charge >= 0.3 is 6.03 Å². The van der Waals surface area contributed by atoms with Crippen LogP contribution in [-0.2, 0) is 4.79 Å². The van der Waals surface area contributed by atoms with E-state index in [-0.39, 0.29) is 23.6 Å². The minimum atomic E-state index is -0.157. The Balaban J connectivity index is 1.58. The number of hydrogen-bond acceptors (Lipinski definition) is 3. The summed E-state index contributed by atoms with van der Waals surface area (Å²) in [6.07, 6.45) is 2.82. The summed E-state index contributed by atoms with van der Waals surface area (Å²) in [5, 5.41) is 2.90. The Kier molecular flexibility index (Phi) is 5.06. The molecule has 2 aliphatic rings. The first-order chi connectivity index (χ1) is 12.0. The molecule has 1 N–H and O–H groups in total. The van der Waals surface area contributed by atoms with Crippen LogP contribution in [0.3, 0.4) is 0 Å². The Morgan fingerprint density at radius 2 is 1.72 bits per heavy atom. The van der Waals surface area contributed by atoms with Crippen LogP contribution >= 0.6 is 0 Å². The van der Waals surface area contributed by atoms with E-state index in [2.05, 4.69) is 5.32 Å². The van der Waals surface area contributed by atoms with Crippen LogP contribution in [0.4, 0.5) is 10.5 Å². The molecular formula is C19H25N3O3. The van der Waals surface area contributed by atoms with Crippen LogP contribution in [-0.4, -0.2) is 53.7 Å². The predicted octanol–water partition coefficient (Wildman–Crippen LogP) is 2.67. The second-order valence-electron chi connectivity index (χ2n) is 6.96. The molecule has 1 saturated heterocycles. The monoisotopic (exact) mass is 343 g/mol. The molecule has 1 aliphatic heterocycles. The summed E-state index contributed by atoms with van der Waals surface area (Å²) in [6, 6.07) is 5.15.